The molecule has 1 N–H and O–H groups in total. The Bertz CT molecular complexity index is 662. The van der Waals surface area contributed by atoms with Gasteiger partial charge in [0.2, 0.25) is 0 Å². The van der Waals surface area contributed by atoms with E-state index in [0.717, 1.165) is 51.4 Å². The Morgan fingerprint density at radius 3 is 2.33 bits per heavy atom. The fraction of sp³-hybridized carbons (Fsp3) is 0.857. The Morgan fingerprint density at radius 1 is 1.15 bits per heavy atom. The second-order valence-corrected chi connectivity index (χ2v) is 9.70. The molecule has 5 rings (SSSR count). The lowest BCUT2D eigenvalue weighted by molar-refractivity contribution is -0.197. The molecule has 0 aromatic rings. The van der Waals surface area contributed by atoms with Crippen LogP contribution in [0.1, 0.15) is 70.6 Å². The van der Waals surface area contributed by atoms with Gasteiger partial charge in [0.25, 0.3) is 5.91 Å². The van der Waals surface area contributed by atoms with Crippen molar-refractivity contribution in [2.75, 3.05) is 13.7 Å². The van der Waals surface area contributed by atoms with Crippen molar-refractivity contribution < 1.29 is 19.4 Å². The number of amides is 1. The highest BCUT2D eigenvalue weighted by molar-refractivity contribution is 5.84. The minimum Gasteiger partial charge on any atom is -0.455 e. The molecule has 0 radical (unpaired) electrons. The standard InChI is InChI=1S/C21H30N2O4/c1-23(20(14-22)5-3-2-4-6-20)17(24)12-27-18(25)19-8-15-7-16(9-19)11-21(26,10-15)13-19/h15-16,26H,2-13H2,1H3/t15-,16-,19?,21?/m0/s1. The maximum absolute atomic E-state index is 12.9. The van der Waals surface area contributed by atoms with Crippen LogP contribution in [-0.2, 0) is 14.3 Å². The topological polar surface area (TPSA) is 90.6 Å². The summed E-state index contributed by atoms with van der Waals surface area (Å²) in [6.07, 6.45) is 9.05. The third-order valence-electron chi connectivity index (χ3n) is 7.69. The number of hydrogen-bond acceptors (Lipinski definition) is 5. The summed E-state index contributed by atoms with van der Waals surface area (Å²) in [6, 6.07) is 2.33. The first-order valence-electron chi connectivity index (χ1n) is 10.4. The van der Waals surface area contributed by atoms with E-state index in [1.165, 1.54) is 4.90 Å². The van der Waals surface area contributed by atoms with Crippen LogP contribution in [0.5, 0.6) is 0 Å². The minimum atomic E-state index is -0.766. The van der Waals surface area contributed by atoms with Crippen molar-refractivity contribution in [2.24, 2.45) is 17.3 Å². The van der Waals surface area contributed by atoms with Crippen molar-refractivity contribution in [3.8, 4) is 6.07 Å². The lowest BCUT2D eigenvalue weighted by Crippen LogP contribution is -2.58. The maximum atomic E-state index is 12.9. The molecule has 148 valence electrons. The molecule has 1 amide bonds. The monoisotopic (exact) mass is 374 g/mol. The van der Waals surface area contributed by atoms with Crippen LogP contribution < -0.4 is 0 Å². The van der Waals surface area contributed by atoms with Gasteiger partial charge in [0.1, 0.15) is 5.54 Å². The number of aliphatic hydroxyl groups is 1. The summed E-state index contributed by atoms with van der Waals surface area (Å²) >= 11 is 0. The van der Waals surface area contributed by atoms with E-state index in [0.29, 0.717) is 31.1 Å². The van der Waals surface area contributed by atoms with Crippen LogP contribution in [0.2, 0.25) is 0 Å². The predicted molar refractivity (Wildman–Crippen MR) is 97.2 cm³/mol. The summed E-state index contributed by atoms with van der Waals surface area (Å²) in [4.78, 5) is 27.1. The van der Waals surface area contributed by atoms with E-state index in [2.05, 4.69) is 6.07 Å². The van der Waals surface area contributed by atoms with Gasteiger partial charge in [-0.25, -0.2) is 0 Å². The molecule has 27 heavy (non-hydrogen) atoms. The van der Waals surface area contributed by atoms with Crippen molar-refractivity contribution in [1.82, 2.24) is 4.90 Å². The highest BCUT2D eigenvalue weighted by atomic mass is 16.5. The normalized spacial score (nSPS) is 38.9. The predicted octanol–water partition coefficient (Wildman–Crippen LogP) is 2.55. The van der Waals surface area contributed by atoms with Crippen LogP contribution in [-0.4, -0.2) is 46.7 Å². The molecule has 0 aliphatic heterocycles. The van der Waals surface area contributed by atoms with Crippen LogP contribution in [0, 0.1) is 28.6 Å². The van der Waals surface area contributed by atoms with Gasteiger partial charge >= 0.3 is 5.97 Å². The van der Waals surface area contributed by atoms with E-state index in [1.807, 2.05) is 0 Å². The largest absolute Gasteiger partial charge is 0.455 e. The van der Waals surface area contributed by atoms with Gasteiger partial charge in [-0.05, 0) is 63.2 Å². The first kappa shape index (κ1) is 18.7. The third kappa shape index (κ3) is 3.14. The van der Waals surface area contributed by atoms with Crippen molar-refractivity contribution in [2.45, 2.75) is 81.8 Å². The molecule has 5 aliphatic rings. The molecule has 6 nitrogen and oxygen atoms in total. The smallest absolute Gasteiger partial charge is 0.312 e. The quantitative estimate of drug-likeness (QED) is 0.764. The molecule has 0 saturated heterocycles. The molecule has 0 heterocycles. The Balaban J connectivity index is 1.39. The third-order valence-corrected chi connectivity index (χ3v) is 7.69. The highest BCUT2D eigenvalue weighted by Crippen LogP contribution is 2.61. The minimum absolute atomic E-state index is 0.310. The van der Waals surface area contributed by atoms with Crippen molar-refractivity contribution in [3.63, 3.8) is 0 Å². The highest BCUT2D eigenvalue weighted by Gasteiger charge is 2.61. The van der Waals surface area contributed by atoms with Crippen molar-refractivity contribution >= 4 is 11.9 Å². The van der Waals surface area contributed by atoms with Crippen molar-refractivity contribution in [1.29, 1.82) is 5.26 Å². The molecule has 4 bridgehead atoms. The van der Waals surface area contributed by atoms with E-state index in [1.54, 1.807) is 7.05 Å². The van der Waals surface area contributed by atoms with Crippen LogP contribution in [0.25, 0.3) is 0 Å². The van der Waals surface area contributed by atoms with E-state index < -0.39 is 16.6 Å². The summed E-state index contributed by atoms with van der Waals surface area (Å²) in [5.41, 5.74) is -2.11. The SMILES string of the molecule is CN(C(=O)COC(=O)C12C[C@@H]3C[C@H](CC(O)(C3)C1)C2)C1(C#N)CCCCC1. The van der Waals surface area contributed by atoms with Crippen molar-refractivity contribution in [3.05, 3.63) is 0 Å². The number of carbonyl (C=O) groups excluding carboxylic acids is 2. The lowest BCUT2D eigenvalue weighted by atomic mass is 9.48. The first-order valence-corrected chi connectivity index (χ1v) is 10.4. The number of carbonyl (C=O) groups is 2. The van der Waals surface area contributed by atoms with Gasteiger partial charge in [-0.15, -0.1) is 0 Å². The van der Waals surface area contributed by atoms with Crippen LogP contribution in [0.4, 0.5) is 0 Å². The number of nitriles is 1. The molecule has 5 saturated carbocycles. The zero-order valence-electron chi connectivity index (χ0n) is 16.2. The van der Waals surface area contributed by atoms with Gasteiger partial charge in [0.05, 0.1) is 17.1 Å². The van der Waals surface area contributed by atoms with E-state index in [4.69, 9.17) is 4.74 Å². The molecule has 0 spiro atoms. The number of nitrogens with zero attached hydrogens (tertiary/aromatic N) is 2. The van der Waals surface area contributed by atoms with Crippen LogP contribution >= 0.6 is 0 Å². The number of esters is 1. The summed E-state index contributed by atoms with van der Waals surface area (Å²) in [5.74, 6) is 0.152. The zero-order valence-corrected chi connectivity index (χ0v) is 16.2. The van der Waals surface area contributed by atoms with Gasteiger partial charge in [-0.1, -0.05) is 19.3 Å². The molecule has 2 atom stereocenters. The maximum Gasteiger partial charge on any atom is 0.312 e. The molecule has 5 aliphatic carbocycles. The molecule has 0 unspecified atom stereocenters. The van der Waals surface area contributed by atoms with Gasteiger partial charge < -0.3 is 14.7 Å². The summed E-state index contributed by atoms with van der Waals surface area (Å²) in [5, 5.41) is 20.4. The van der Waals surface area contributed by atoms with E-state index >= 15 is 0 Å². The van der Waals surface area contributed by atoms with E-state index in [9.17, 15) is 20.0 Å². The second kappa shape index (κ2) is 6.48. The lowest BCUT2D eigenvalue weighted by Gasteiger charge is -2.58. The summed E-state index contributed by atoms with van der Waals surface area (Å²) in [7, 11) is 1.65. The number of likely N-dealkylation sites (N-methyl/N-ethyl adjacent to an activating group) is 1. The zero-order chi connectivity index (χ0) is 19.3. The molecule has 0 aromatic heterocycles. The summed E-state index contributed by atoms with van der Waals surface area (Å²) < 4.78 is 5.48. The van der Waals surface area contributed by atoms with Crippen LogP contribution in [0.3, 0.4) is 0 Å². The second-order valence-electron chi connectivity index (χ2n) is 9.70. The fourth-order valence-corrected chi connectivity index (χ4v) is 6.73. The number of ether oxygens (including phenoxy) is 1. The average molecular weight is 374 g/mol. The molecular weight excluding hydrogens is 344 g/mol. The van der Waals surface area contributed by atoms with Gasteiger partial charge in [0, 0.05) is 7.05 Å². The fourth-order valence-electron chi connectivity index (χ4n) is 6.73. The summed E-state index contributed by atoms with van der Waals surface area (Å²) in [6.45, 7) is -0.311. The van der Waals surface area contributed by atoms with Gasteiger partial charge in [-0.2, -0.15) is 5.26 Å². The number of hydrogen-bond donors (Lipinski definition) is 1. The molecule has 0 aromatic carbocycles. The van der Waals surface area contributed by atoms with Crippen LogP contribution in [0.15, 0.2) is 0 Å². The molecular formula is C21H30N2O4. The van der Waals surface area contributed by atoms with Gasteiger partial charge in [-0.3, -0.25) is 9.59 Å². The Hall–Kier alpha value is -1.61. The molecule has 5 fully saturated rings. The first-order chi connectivity index (χ1) is 12.8. The van der Waals surface area contributed by atoms with Gasteiger partial charge in [0.15, 0.2) is 6.61 Å². The Morgan fingerprint density at radius 2 is 1.78 bits per heavy atom. The Labute approximate surface area is 160 Å². The Kier molecular flexibility index (Phi) is 4.50. The average Bonchev–Trinajstić information content (AvgIpc) is 2.63. The molecule has 6 heteroatoms. The number of rotatable bonds is 4. The van der Waals surface area contributed by atoms with E-state index in [-0.39, 0.29) is 18.5 Å².